The van der Waals surface area contributed by atoms with Gasteiger partial charge in [0.15, 0.2) is 0 Å². The number of hydrogen-bond acceptors (Lipinski definition) is 3. The summed E-state index contributed by atoms with van der Waals surface area (Å²) in [5.41, 5.74) is 0.476. The van der Waals surface area contributed by atoms with Crippen molar-refractivity contribution >= 4 is 23.3 Å². The van der Waals surface area contributed by atoms with Gasteiger partial charge in [-0.1, -0.05) is 11.6 Å². The average molecular weight is 230 g/mol. The first-order valence-electron chi connectivity index (χ1n) is 4.07. The lowest BCUT2D eigenvalue weighted by Gasteiger charge is -2.05. The van der Waals surface area contributed by atoms with E-state index in [1.165, 1.54) is 19.1 Å². The number of nitrogens with zero attached hydrogens (tertiary/aromatic N) is 1. The summed E-state index contributed by atoms with van der Waals surface area (Å²) in [5.74, 6) is -1.07. The maximum absolute atomic E-state index is 10.6. The third kappa shape index (κ3) is 2.44. The minimum Gasteiger partial charge on any atom is -0.481 e. The normalized spacial score (nSPS) is 10.0. The van der Waals surface area contributed by atoms with Crippen LogP contribution in [0, 0.1) is 17.0 Å². The quantitative estimate of drug-likeness (QED) is 0.636. The van der Waals surface area contributed by atoms with Crippen molar-refractivity contribution in [2.45, 2.75) is 13.3 Å². The number of hydrogen-bond donors (Lipinski definition) is 1. The van der Waals surface area contributed by atoms with Crippen LogP contribution in [0.15, 0.2) is 12.1 Å². The Labute approximate surface area is 90.4 Å². The van der Waals surface area contributed by atoms with Crippen LogP contribution >= 0.6 is 11.6 Å². The van der Waals surface area contributed by atoms with E-state index in [4.69, 9.17) is 16.7 Å². The van der Waals surface area contributed by atoms with Crippen LogP contribution in [0.25, 0.3) is 0 Å². The van der Waals surface area contributed by atoms with Gasteiger partial charge in [-0.05, 0) is 18.6 Å². The summed E-state index contributed by atoms with van der Waals surface area (Å²) >= 11 is 5.76. The summed E-state index contributed by atoms with van der Waals surface area (Å²) in [4.78, 5) is 20.6. The Morgan fingerprint density at radius 1 is 1.60 bits per heavy atom. The molecule has 0 spiro atoms. The first-order chi connectivity index (χ1) is 6.93. The van der Waals surface area contributed by atoms with Gasteiger partial charge < -0.3 is 5.11 Å². The molecule has 0 aliphatic carbocycles. The molecule has 0 atom stereocenters. The highest BCUT2D eigenvalue weighted by atomic mass is 35.5. The number of carboxylic acid groups (broad SMARTS) is 1. The second kappa shape index (κ2) is 4.27. The smallest absolute Gasteiger partial charge is 0.307 e. The van der Waals surface area contributed by atoms with E-state index in [1.807, 2.05) is 0 Å². The maximum Gasteiger partial charge on any atom is 0.307 e. The van der Waals surface area contributed by atoms with E-state index in [0.717, 1.165) is 0 Å². The van der Waals surface area contributed by atoms with Crippen molar-refractivity contribution in [3.05, 3.63) is 38.4 Å². The molecule has 0 saturated carbocycles. The third-order valence-corrected chi connectivity index (χ3v) is 2.39. The summed E-state index contributed by atoms with van der Waals surface area (Å²) in [7, 11) is 0. The molecular formula is C9H8ClNO4. The van der Waals surface area contributed by atoms with E-state index in [9.17, 15) is 14.9 Å². The van der Waals surface area contributed by atoms with Crippen molar-refractivity contribution in [2.24, 2.45) is 0 Å². The Morgan fingerprint density at radius 2 is 2.20 bits per heavy atom. The summed E-state index contributed by atoms with van der Waals surface area (Å²) in [6.45, 7) is 1.49. The zero-order valence-corrected chi connectivity index (χ0v) is 8.61. The zero-order chi connectivity index (χ0) is 11.6. The van der Waals surface area contributed by atoms with E-state index in [0.29, 0.717) is 11.1 Å². The van der Waals surface area contributed by atoms with Crippen molar-refractivity contribution in [3.8, 4) is 0 Å². The van der Waals surface area contributed by atoms with Crippen molar-refractivity contribution in [2.75, 3.05) is 0 Å². The second-order valence-corrected chi connectivity index (χ2v) is 3.40. The summed E-state index contributed by atoms with van der Waals surface area (Å²) in [6, 6.07) is 2.61. The largest absolute Gasteiger partial charge is 0.481 e. The fraction of sp³-hybridized carbons (Fsp3) is 0.222. The van der Waals surface area contributed by atoms with E-state index in [2.05, 4.69) is 0 Å². The first kappa shape index (κ1) is 11.5. The fourth-order valence-corrected chi connectivity index (χ4v) is 1.55. The fourth-order valence-electron chi connectivity index (χ4n) is 1.28. The van der Waals surface area contributed by atoms with Gasteiger partial charge in [-0.3, -0.25) is 14.9 Å². The molecule has 80 valence electrons. The molecular weight excluding hydrogens is 222 g/mol. The van der Waals surface area contributed by atoms with Gasteiger partial charge in [0.05, 0.1) is 11.3 Å². The predicted octanol–water partition coefficient (Wildman–Crippen LogP) is 2.18. The second-order valence-electron chi connectivity index (χ2n) is 3.00. The standard InChI is InChI=1S/C9H8ClNO4/c1-5-6(4-9(12)13)7(10)2-3-8(5)11(14)15/h2-3H,4H2,1H3,(H,12,13). The first-order valence-corrected chi connectivity index (χ1v) is 4.45. The number of carbonyl (C=O) groups is 1. The molecule has 5 nitrogen and oxygen atoms in total. The minimum absolute atomic E-state index is 0.115. The van der Waals surface area contributed by atoms with Gasteiger partial charge in [0.25, 0.3) is 5.69 Å². The lowest BCUT2D eigenvalue weighted by Crippen LogP contribution is -2.04. The number of halogens is 1. The molecule has 0 aromatic heterocycles. The number of nitro groups is 1. The van der Waals surface area contributed by atoms with Crippen molar-refractivity contribution in [1.82, 2.24) is 0 Å². The SMILES string of the molecule is Cc1c([N+](=O)[O-])ccc(Cl)c1CC(=O)O. The van der Waals surface area contributed by atoms with Gasteiger partial charge in [0, 0.05) is 16.7 Å². The van der Waals surface area contributed by atoms with Crippen LogP contribution < -0.4 is 0 Å². The topological polar surface area (TPSA) is 80.4 Å². The highest BCUT2D eigenvalue weighted by Crippen LogP contribution is 2.28. The van der Waals surface area contributed by atoms with E-state index in [1.54, 1.807) is 0 Å². The number of benzene rings is 1. The Kier molecular flexibility index (Phi) is 3.26. The molecule has 0 fully saturated rings. The number of aliphatic carboxylic acids is 1. The minimum atomic E-state index is -1.07. The Bertz CT molecular complexity index is 430. The van der Waals surface area contributed by atoms with Gasteiger partial charge in [-0.25, -0.2) is 0 Å². The molecule has 0 radical (unpaired) electrons. The highest BCUT2D eigenvalue weighted by molar-refractivity contribution is 6.31. The van der Waals surface area contributed by atoms with Gasteiger partial charge in [0.2, 0.25) is 0 Å². The monoisotopic (exact) mass is 229 g/mol. The van der Waals surface area contributed by atoms with Crippen LogP contribution in [-0.2, 0) is 11.2 Å². The van der Waals surface area contributed by atoms with Crippen LogP contribution in [0.3, 0.4) is 0 Å². The van der Waals surface area contributed by atoms with E-state index < -0.39 is 10.9 Å². The zero-order valence-electron chi connectivity index (χ0n) is 7.86. The van der Waals surface area contributed by atoms with Crippen molar-refractivity contribution < 1.29 is 14.8 Å². The lowest BCUT2D eigenvalue weighted by molar-refractivity contribution is -0.385. The molecule has 15 heavy (non-hydrogen) atoms. The molecule has 0 amide bonds. The molecule has 6 heteroatoms. The van der Waals surface area contributed by atoms with Gasteiger partial charge in [0.1, 0.15) is 0 Å². The molecule has 0 aliphatic rings. The number of carboxylic acids is 1. The van der Waals surface area contributed by atoms with Crippen LogP contribution in [-0.4, -0.2) is 16.0 Å². The molecule has 0 unspecified atom stereocenters. The molecule has 0 heterocycles. The summed E-state index contributed by atoms with van der Waals surface area (Å²) in [6.07, 6.45) is -0.313. The third-order valence-electron chi connectivity index (χ3n) is 2.04. The predicted molar refractivity (Wildman–Crippen MR) is 54.2 cm³/mol. The molecule has 1 aromatic rings. The molecule has 0 bridgehead atoms. The van der Waals surface area contributed by atoms with Gasteiger partial charge >= 0.3 is 5.97 Å². The van der Waals surface area contributed by atoms with Gasteiger partial charge in [-0.15, -0.1) is 0 Å². The van der Waals surface area contributed by atoms with Crippen LogP contribution in [0.5, 0.6) is 0 Å². The molecule has 1 rings (SSSR count). The van der Waals surface area contributed by atoms with Crippen LogP contribution in [0.4, 0.5) is 5.69 Å². The highest BCUT2D eigenvalue weighted by Gasteiger charge is 2.18. The number of nitro benzene ring substituents is 1. The Hall–Kier alpha value is -1.62. The molecule has 1 N–H and O–H groups in total. The molecule has 0 saturated heterocycles. The number of rotatable bonds is 3. The van der Waals surface area contributed by atoms with Crippen molar-refractivity contribution in [1.29, 1.82) is 0 Å². The maximum atomic E-state index is 10.6. The molecule has 1 aromatic carbocycles. The van der Waals surface area contributed by atoms with Gasteiger partial charge in [-0.2, -0.15) is 0 Å². The van der Waals surface area contributed by atoms with Crippen LogP contribution in [0.1, 0.15) is 11.1 Å². The Balaban J connectivity index is 3.29. The Morgan fingerprint density at radius 3 is 2.67 bits per heavy atom. The molecule has 0 aliphatic heterocycles. The lowest BCUT2D eigenvalue weighted by atomic mass is 10.0. The van der Waals surface area contributed by atoms with E-state index in [-0.39, 0.29) is 17.1 Å². The average Bonchev–Trinajstić information content (AvgIpc) is 2.11. The van der Waals surface area contributed by atoms with Crippen molar-refractivity contribution in [3.63, 3.8) is 0 Å². The summed E-state index contributed by atoms with van der Waals surface area (Å²) < 4.78 is 0. The van der Waals surface area contributed by atoms with E-state index >= 15 is 0 Å². The van der Waals surface area contributed by atoms with Crippen LogP contribution in [0.2, 0.25) is 5.02 Å². The summed E-state index contributed by atoms with van der Waals surface area (Å²) in [5, 5.41) is 19.4.